The van der Waals surface area contributed by atoms with Crippen molar-refractivity contribution in [2.24, 2.45) is 0 Å². The number of anilines is 1. The molecule has 0 saturated carbocycles. The van der Waals surface area contributed by atoms with Crippen LogP contribution in [0.4, 0.5) is 5.95 Å². The topological polar surface area (TPSA) is 54.7 Å². The number of imidazole rings is 1. The molecule has 1 heterocycles. The number of aromatic nitrogens is 2. The first-order valence-electron chi connectivity index (χ1n) is 4.37. The van der Waals surface area contributed by atoms with Crippen molar-refractivity contribution in [2.45, 2.75) is 6.42 Å². The van der Waals surface area contributed by atoms with E-state index < -0.39 is 0 Å². The smallest absolute Gasteiger partial charge is 0.198 e. The fourth-order valence-electron chi connectivity index (χ4n) is 1.91. The SMILES string of the molecule is Nc1nc2c([nH]1)Cc1cc(Br)ccc1-2. The molecule has 1 aliphatic rings. The Kier molecular flexibility index (Phi) is 1.50. The van der Waals surface area contributed by atoms with Gasteiger partial charge >= 0.3 is 0 Å². The summed E-state index contributed by atoms with van der Waals surface area (Å²) in [5, 5.41) is 0. The van der Waals surface area contributed by atoms with E-state index in [2.05, 4.69) is 38.0 Å². The number of nitrogens with zero attached hydrogens (tertiary/aromatic N) is 1. The Morgan fingerprint density at radius 2 is 2.29 bits per heavy atom. The van der Waals surface area contributed by atoms with E-state index in [1.807, 2.05) is 6.07 Å². The Morgan fingerprint density at radius 3 is 3.14 bits per heavy atom. The number of hydrogen-bond acceptors (Lipinski definition) is 2. The Morgan fingerprint density at radius 1 is 1.43 bits per heavy atom. The number of halogens is 1. The van der Waals surface area contributed by atoms with E-state index in [9.17, 15) is 0 Å². The lowest BCUT2D eigenvalue weighted by molar-refractivity contribution is 1.15. The molecule has 0 aliphatic heterocycles. The molecule has 0 saturated heterocycles. The number of benzene rings is 1. The minimum Gasteiger partial charge on any atom is -0.369 e. The van der Waals surface area contributed by atoms with Gasteiger partial charge in [0.05, 0.1) is 5.69 Å². The lowest BCUT2D eigenvalue weighted by Gasteiger charge is -1.98. The summed E-state index contributed by atoms with van der Waals surface area (Å²) in [5.41, 5.74) is 10.2. The summed E-state index contributed by atoms with van der Waals surface area (Å²) in [7, 11) is 0. The number of nitrogen functional groups attached to an aromatic ring is 1. The largest absolute Gasteiger partial charge is 0.369 e. The van der Waals surface area contributed by atoms with Gasteiger partial charge in [0.1, 0.15) is 0 Å². The van der Waals surface area contributed by atoms with Gasteiger partial charge in [-0.25, -0.2) is 4.98 Å². The van der Waals surface area contributed by atoms with Gasteiger partial charge in [-0.05, 0) is 17.7 Å². The van der Waals surface area contributed by atoms with Gasteiger partial charge in [-0.2, -0.15) is 0 Å². The van der Waals surface area contributed by atoms with Gasteiger partial charge in [-0.3, -0.25) is 0 Å². The van der Waals surface area contributed by atoms with Gasteiger partial charge in [0.25, 0.3) is 0 Å². The number of nitrogens with two attached hydrogens (primary N) is 1. The summed E-state index contributed by atoms with van der Waals surface area (Å²) in [6.45, 7) is 0. The molecule has 2 aromatic rings. The van der Waals surface area contributed by atoms with Gasteiger partial charge in [0, 0.05) is 22.2 Å². The van der Waals surface area contributed by atoms with Crippen molar-refractivity contribution >= 4 is 21.9 Å². The van der Waals surface area contributed by atoms with Crippen molar-refractivity contribution in [1.29, 1.82) is 0 Å². The third kappa shape index (κ3) is 1.00. The second-order valence-electron chi connectivity index (χ2n) is 3.43. The summed E-state index contributed by atoms with van der Waals surface area (Å²) in [4.78, 5) is 7.34. The predicted octanol–water partition coefficient (Wildman–Crippen LogP) is 2.33. The van der Waals surface area contributed by atoms with E-state index >= 15 is 0 Å². The highest BCUT2D eigenvalue weighted by Crippen LogP contribution is 2.36. The summed E-state index contributed by atoms with van der Waals surface area (Å²) in [6, 6.07) is 6.23. The van der Waals surface area contributed by atoms with Crippen LogP contribution in [-0.2, 0) is 6.42 Å². The van der Waals surface area contributed by atoms with Crippen LogP contribution in [0.3, 0.4) is 0 Å². The van der Waals surface area contributed by atoms with Crippen LogP contribution in [0.1, 0.15) is 11.3 Å². The zero-order valence-corrected chi connectivity index (χ0v) is 8.93. The molecule has 1 aliphatic carbocycles. The quantitative estimate of drug-likeness (QED) is 0.643. The molecule has 14 heavy (non-hydrogen) atoms. The normalized spacial score (nSPS) is 12.6. The van der Waals surface area contributed by atoms with Crippen LogP contribution in [0.25, 0.3) is 11.3 Å². The number of fused-ring (bicyclic) bond motifs is 3. The highest BCUT2D eigenvalue weighted by molar-refractivity contribution is 9.10. The molecule has 1 aromatic carbocycles. The van der Waals surface area contributed by atoms with E-state index in [0.29, 0.717) is 5.95 Å². The van der Waals surface area contributed by atoms with E-state index in [0.717, 1.165) is 22.3 Å². The molecule has 0 fully saturated rings. The van der Waals surface area contributed by atoms with Crippen LogP contribution in [0.2, 0.25) is 0 Å². The highest BCUT2D eigenvalue weighted by Gasteiger charge is 2.21. The summed E-state index contributed by atoms with van der Waals surface area (Å²) < 4.78 is 1.11. The molecular weight excluding hydrogens is 242 g/mol. The maximum absolute atomic E-state index is 5.60. The van der Waals surface area contributed by atoms with Crippen LogP contribution < -0.4 is 5.73 Å². The van der Waals surface area contributed by atoms with E-state index in [4.69, 9.17) is 5.73 Å². The molecule has 0 spiro atoms. The van der Waals surface area contributed by atoms with Crippen LogP contribution in [0.15, 0.2) is 22.7 Å². The van der Waals surface area contributed by atoms with E-state index in [-0.39, 0.29) is 0 Å². The first-order chi connectivity index (χ1) is 6.74. The van der Waals surface area contributed by atoms with E-state index in [1.165, 1.54) is 11.1 Å². The third-order valence-corrected chi connectivity index (χ3v) is 2.98. The molecule has 3 rings (SSSR count). The van der Waals surface area contributed by atoms with Crippen molar-refractivity contribution in [3.05, 3.63) is 33.9 Å². The number of rotatable bonds is 0. The molecular formula is C10H8BrN3. The van der Waals surface area contributed by atoms with Crippen LogP contribution >= 0.6 is 15.9 Å². The number of H-pyrrole nitrogens is 1. The van der Waals surface area contributed by atoms with Gasteiger partial charge in [0.2, 0.25) is 0 Å². The average molecular weight is 250 g/mol. The minimum absolute atomic E-state index is 0.503. The average Bonchev–Trinajstić information content (AvgIpc) is 2.59. The van der Waals surface area contributed by atoms with Crippen molar-refractivity contribution in [3.8, 4) is 11.3 Å². The minimum atomic E-state index is 0.503. The van der Waals surface area contributed by atoms with Crippen molar-refractivity contribution in [3.63, 3.8) is 0 Å². The van der Waals surface area contributed by atoms with Crippen molar-refractivity contribution < 1.29 is 0 Å². The Bertz CT molecular complexity index is 516. The molecule has 3 nitrogen and oxygen atoms in total. The Labute approximate surface area is 89.5 Å². The number of hydrogen-bond donors (Lipinski definition) is 2. The molecule has 0 unspecified atom stereocenters. The monoisotopic (exact) mass is 249 g/mol. The molecule has 3 N–H and O–H groups in total. The maximum atomic E-state index is 5.60. The Balaban J connectivity index is 2.25. The zero-order valence-electron chi connectivity index (χ0n) is 7.34. The first kappa shape index (κ1) is 8.05. The van der Waals surface area contributed by atoms with Gasteiger partial charge < -0.3 is 10.7 Å². The highest BCUT2D eigenvalue weighted by atomic mass is 79.9. The molecule has 0 amide bonds. The number of aromatic amines is 1. The fraction of sp³-hybridized carbons (Fsp3) is 0.100. The maximum Gasteiger partial charge on any atom is 0.198 e. The second-order valence-corrected chi connectivity index (χ2v) is 4.34. The van der Waals surface area contributed by atoms with Gasteiger partial charge in [-0.15, -0.1) is 0 Å². The molecule has 4 heteroatoms. The summed E-state index contributed by atoms with van der Waals surface area (Å²) >= 11 is 3.46. The third-order valence-electron chi connectivity index (χ3n) is 2.49. The Hall–Kier alpha value is -1.29. The summed E-state index contributed by atoms with van der Waals surface area (Å²) in [6.07, 6.45) is 0.897. The lowest BCUT2D eigenvalue weighted by Crippen LogP contribution is -1.89. The summed E-state index contributed by atoms with van der Waals surface area (Å²) in [5.74, 6) is 0.503. The van der Waals surface area contributed by atoms with Gasteiger partial charge in [0.15, 0.2) is 5.95 Å². The van der Waals surface area contributed by atoms with Crippen LogP contribution in [-0.4, -0.2) is 9.97 Å². The fourth-order valence-corrected chi connectivity index (χ4v) is 2.32. The van der Waals surface area contributed by atoms with Crippen molar-refractivity contribution in [2.75, 3.05) is 5.73 Å². The molecule has 0 bridgehead atoms. The standard InChI is InChI=1S/C10H8BrN3/c11-6-1-2-7-5(3-6)4-8-9(7)14-10(12)13-8/h1-3H,4H2,(H3,12,13,14). The second kappa shape index (κ2) is 2.60. The molecule has 0 radical (unpaired) electrons. The van der Waals surface area contributed by atoms with Gasteiger partial charge in [-0.1, -0.05) is 22.0 Å². The predicted molar refractivity (Wildman–Crippen MR) is 58.9 cm³/mol. The lowest BCUT2D eigenvalue weighted by atomic mass is 10.1. The molecule has 1 aromatic heterocycles. The van der Waals surface area contributed by atoms with Crippen LogP contribution in [0.5, 0.6) is 0 Å². The first-order valence-corrected chi connectivity index (χ1v) is 5.16. The van der Waals surface area contributed by atoms with Crippen molar-refractivity contribution in [1.82, 2.24) is 9.97 Å². The molecule has 70 valence electrons. The van der Waals surface area contributed by atoms with E-state index in [1.54, 1.807) is 0 Å². The number of nitrogens with one attached hydrogen (secondary N) is 1. The van der Waals surface area contributed by atoms with Crippen LogP contribution in [0, 0.1) is 0 Å². The molecule has 0 atom stereocenters. The zero-order chi connectivity index (χ0) is 9.71.